The van der Waals surface area contributed by atoms with E-state index in [0.717, 1.165) is 6.54 Å². The van der Waals surface area contributed by atoms with Crippen molar-refractivity contribution in [3.8, 4) is 11.5 Å². The Hall–Kier alpha value is -2.69. The van der Waals surface area contributed by atoms with E-state index in [1.807, 2.05) is 0 Å². The fraction of sp³-hybridized carbons (Fsp3) is 0.300. The summed E-state index contributed by atoms with van der Waals surface area (Å²) in [5, 5.41) is 2.90. The number of carbonyl (C=O) groups is 1. The lowest BCUT2D eigenvalue weighted by molar-refractivity contribution is -0.116. The van der Waals surface area contributed by atoms with Crippen molar-refractivity contribution in [1.29, 1.82) is 0 Å². The number of pyridine rings is 1. The number of ether oxygens (including phenoxy) is 1. The number of aromatic nitrogens is 1. The number of amides is 1. The highest BCUT2D eigenvalue weighted by Crippen LogP contribution is 2.25. The smallest absolute Gasteiger partial charge is 0.244 e. The summed E-state index contributed by atoms with van der Waals surface area (Å²) >= 11 is 0. The van der Waals surface area contributed by atoms with Crippen LogP contribution >= 0.6 is 0 Å². The van der Waals surface area contributed by atoms with Gasteiger partial charge in [-0.2, -0.15) is 0 Å². The van der Waals surface area contributed by atoms with E-state index in [1.165, 1.54) is 44.0 Å². The van der Waals surface area contributed by atoms with E-state index >= 15 is 0 Å². The third kappa shape index (κ3) is 5.14. The average molecular weight is 340 g/mol. The first-order chi connectivity index (χ1) is 12.2. The Labute approximate surface area is 146 Å². The minimum absolute atomic E-state index is 0.121. The Balaban J connectivity index is 1.55. The number of hydrogen-bond acceptors (Lipinski definition) is 3. The molecule has 0 aliphatic heterocycles. The standard InChI is InChI=1S/C20H21FN2O2/c21-18-12-15(7-9-19(18)25-17-6-3-11-22-14-17)8-10-20(24)23-13-16-4-1-2-5-16/h3,6-12,14,16H,1-2,4-5,13H2,(H,23,24)/b10-8+. The molecule has 1 aliphatic carbocycles. The van der Waals surface area contributed by atoms with Crippen molar-refractivity contribution in [3.63, 3.8) is 0 Å². The summed E-state index contributed by atoms with van der Waals surface area (Å²) in [7, 11) is 0. The van der Waals surface area contributed by atoms with Crippen LogP contribution in [-0.2, 0) is 4.79 Å². The van der Waals surface area contributed by atoms with Crippen molar-refractivity contribution in [3.05, 3.63) is 60.2 Å². The van der Waals surface area contributed by atoms with Gasteiger partial charge in [0, 0.05) is 18.8 Å². The second-order valence-electron chi connectivity index (χ2n) is 6.21. The molecule has 1 saturated carbocycles. The highest BCUT2D eigenvalue weighted by molar-refractivity contribution is 5.91. The van der Waals surface area contributed by atoms with Gasteiger partial charge >= 0.3 is 0 Å². The van der Waals surface area contributed by atoms with Crippen LogP contribution in [0.5, 0.6) is 11.5 Å². The van der Waals surface area contributed by atoms with Gasteiger partial charge in [0.2, 0.25) is 5.91 Å². The number of rotatable bonds is 6. The van der Waals surface area contributed by atoms with Crippen LogP contribution in [0.4, 0.5) is 4.39 Å². The van der Waals surface area contributed by atoms with Crippen LogP contribution in [0.3, 0.4) is 0 Å². The van der Waals surface area contributed by atoms with E-state index in [4.69, 9.17) is 4.74 Å². The van der Waals surface area contributed by atoms with Crippen molar-refractivity contribution in [2.24, 2.45) is 5.92 Å². The lowest BCUT2D eigenvalue weighted by atomic mass is 10.1. The Bertz CT molecular complexity index is 741. The zero-order valence-electron chi connectivity index (χ0n) is 14.0. The molecular weight excluding hydrogens is 319 g/mol. The van der Waals surface area contributed by atoms with Crippen LogP contribution in [0, 0.1) is 11.7 Å². The first-order valence-corrected chi connectivity index (χ1v) is 8.54. The topological polar surface area (TPSA) is 51.2 Å². The van der Waals surface area contributed by atoms with Crippen LogP contribution in [0.15, 0.2) is 48.8 Å². The third-order valence-corrected chi connectivity index (χ3v) is 4.29. The minimum atomic E-state index is -0.489. The third-order valence-electron chi connectivity index (χ3n) is 4.29. The number of hydrogen-bond donors (Lipinski definition) is 1. The van der Waals surface area contributed by atoms with Gasteiger partial charge in [0.1, 0.15) is 5.75 Å². The molecule has 0 unspecified atom stereocenters. The molecule has 130 valence electrons. The molecule has 2 aromatic rings. The molecule has 3 rings (SSSR count). The first kappa shape index (κ1) is 17.1. The van der Waals surface area contributed by atoms with E-state index in [-0.39, 0.29) is 11.7 Å². The Kier molecular flexibility index (Phi) is 5.77. The van der Waals surface area contributed by atoms with Gasteiger partial charge in [-0.25, -0.2) is 4.39 Å². The van der Waals surface area contributed by atoms with E-state index in [0.29, 0.717) is 17.2 Å². The second-order valence-corrected chi connectivity index (χ2v) is 6.21. The van der Waals surface area contributed by atoms with E-state index in [9.17, 15) is 9.18 Å². The zero-order chi connectivity index (χ0) is 17.5. The molecule has 0 atom stereocenters. The summed E-state index contributed by atoms with van der Waals surface area (Å²) in [6.07, 6.45) is 11.1. The maximum Gasteiger partial charge on any atom is 0.244 e. The summed E-state index contributed by atoms with van der Waals surface area (Å²) in [5.74, 6) is 0.547. The maximum atomic E-state index is 14.1. The largest absolute Gasteiger partial charge is 0.453 e. The van der Waals surface area contributed by atoms with Crippen molar-refractivity contribution < 1.29 is 13.9 Å². The second kappa shape index (κ2) is 8.42. The molecule has 0 saturated heterocycles. The molecule has 5 heteroatoms. The average Bonchev–Trinajstić information content (AvgIpc) is 3.15. The molecule has 1 N–H and O–H groups in total. The minimum Gasteiger partial charge on any atom is -0.453 e. The fourth-order valence-electron chi connectivity index (χ4n) is 2.93. The SMILES string of the molecule is O=C(/C=C/c1ccc(Oc2cccnc2)c(F)c1)NCC1CCCC1. The predicted octanol–water partition coefficient (Wildman–Crippen LogP) is 4.33. The summed E-state index contributed by atoms with van der Waals surface area (Å²) in [4.78, 5) is 15.8. The first-order valence-electron chi connectivity index (χ1n) is 8.54. The van der Waals surface area contributed by atoms with Crippen molar-refractivity contribution in [2.75, 3.05) is 6.54 Å². The van der Waals surface area contributed by atoms with Crippen LogP contribution in [-0.4, -0.2) is 17.4 Å². The molecule has 0 bridgehead atoms. The van der Waals surface area contributed by atoms with Gasteiger partial charge in [0.25, 0.3) is 0 Å². The Morgan fingerprint density at radius 3 is 2.88 bits per heavy atom. The highest BCUT2D eigenvalue weighted by Gasteiger charge is 2.14. The summed E-state index contributed by atoms with van der Waals surface area (Å²) in [6, 6.07) is 8.00. The van der Waals surface area contributed by atoms with Crippen molar-refractivity contribution in [1.82, 2.24) is 10.3 Å². The van der Waals surface area contributed by atoms with E-state index in [1.54, 1.807) is 36.5 Å². The van der Waals surface area contributed by atoms with Gasteiger partial charge in [-0.1, -0.05) is 18.9 Å². The molecule has 1 aromatic heterocycles. The van der Waals surface area contributed by atoms with Gasteiger partial charge in [-0.05, 0) is 54.7 Å². The molecule has 1 aliphatic rings. The molecular formula is C20H21FN2O2. The number of benzene rings is 1. The molecule has 25 heavy (non-hydrogen) atoms. The normalized spacial score (nSPS) is 14.8. The zero-order valence-corrected chi connectivity index (χ0v) is 14.0. The van der Waals surface area contributed by atoms with Gasteiger partial charge in [-0.3, -0.25) is 9.78 Å². The number of nitrogens with zero attached hydrogens (tertiary/aromatic N) is 1. The number of carbonyl (C=O) groups excluding carboxylic acids is 1. The molecule has 1 aromatic carbocycles. The molecule has 4 nitrogen and oxygen atoms in total. The fourth-order valence-corrected chi connectivity index (χ4v) is 2.93. The van der Waals surface area contributed by atoms with Gasteiger partial charge in [0.15, 0.2) is 11.6 Å². The quantitative estimate of drug-likeness (QED) is 0.796. The summed E-state index contributed by atoms with van der Waals surface area (Å²) in [5.41, 5.74) is 0.604. The van der Waals surface area contributed by atoms with Crippen LogP contribution in [0.1, 0.15) is 31.2 Å². The lowest BCUT2D eigenvalue weighted by Gasteiger charge is -2.08. The molecule has 1 amide bonds. The van der Waals surface area contributed by atoms with Gasteiger partial charge in [-0.15, -0.1) is 0 Å². The van der Waals surface area contributed by atoms with Crippen LogP contribution in [0.25, 0.3) is 6.08 Å². The highest BCUT2D eigenvalue weighted by atomic mass is 19.1. The molecule has 1 fully saturated rings. The molecule has 0 spiro atoms. The Morgan fingerprint density at radius 1 is 1.32 bits per heavy atom. The number of nitrogens with one attached hydrogen (secondary N) is 1. The molecule has 1 heterocycles. The van der Waals surface area contributed by atoms with E-state index < -0.39 is 5.82 Å². The van der Waals surface area contributed by atoms with Crippen LogP contribution < -0.4 is 10.1 Å². The summed E-state index contributed by atoms with van der Waals surface area (Å²) < 4.78 is 19.6. The summed E-state index contributed by atoms with van der Waals surface area (Å²) in [6.45, 7) is 0.718. The van der Waals surface area contributed by atoms with Crippen molar-refractivity contribution >= 4 is 12.0 Å². The van der Waals surface area contributed by atoms with E-state index in [2.05, 4.69) is 10.3 Å². The predicted molar refractivity (Wildman–Crippen MR) is 94.7 cm³/mol. The number of halogens is 1. The van der Waals surface area contributed by atoms with Crippen LogP contribution in [0.2, 0.25) is 0 Å². The maximum absolute atomic E-state index is 14.1. The van der Waals surface area contributed by atoms with Gasteiger partial charge < -0.3 is 10.1 Å². The Morgan fingerprint density at radius 2 is 2.16 bits per heavy atom. The van der Waals surface area contributed by atoms with Crippen molar-refractivity contribution in [2.45, 2.75) is 25.7 Å². The molecule has 0 radical (unpaired) electrons. The monoisotopic (exact) mass is 340 g/mol. The van der Waals surface area contributed by atoms with Gasteiger partial charge in [0.05, 0.1) is 6.20 Å². The lowest BCUT2D eigenvalue weighted by Crippen LogP contribution is -2.26.